The van der Waals surface area contributed by atoms with Crippen molar-refractivity contribution in [2.75, 3.05) is 27.9 Å². The molecule has 1 aromatic carbocycles. The summed E-state index contributed by atoms with van der Waals surface area (Å²) in [6.45, 7) is 4.44. The Kier molecular flexibility index (Phi) is 8.17. The van der Waals surface area contributed by atoms with E-state index in [1.807, 2.05) is 37.3 Å². The van der Waals surface area contributed by atoms with Crippen molar-refractivity contribution in [2.45, 2.75) is 26.8 Å². The van der Waals surface area contributed by atoms with E-state index in [-0.39, 0.29) is 17.2 Å². The lowest BCUT2D eigenvalue weighted by Gasteiger charge is -2.29. The highest BCUT2D eigenvalue weighted by molar-refractivity contribution is 6.05. The van der Waals surface area contributed by atoms with Gasteiger partial charge in [0.15, 0.2) is 6.61 Å². The molecule has 0 aromatic heterocycles. The molecule has 1 amide bonds. The van der Waals surface area contributed by atoms with Crippen LogP contribution in [0.2, 0.25) is 0 Å². The maximum atomic E-state index is 13.0. The van der Waals surface area contributed by atoms with E-state index in [1.165, 1.54) is 4.90 Å². The van der Waals surface area contributed by atoms with Gasteiger partial charge in [0.05, 0.1) is 31.4 Å². The second-order valence-corrected chi connectivity index (χ2v) is 7.32. The minimum absolute atomic E-state index is 0.0815. The van der Waals surface area contributed by atoms with Gasteiger partial charge in [-0.3, -0.25) is 9.59 Å². The number of nitrogens with one attached hydrogen (secondary N) is 1. The summed E-state index contributed by atoms with van der Waals surface area (Å²) < 4.78 is 14.8. The minimum Gasteiger partial charge on any atom is -0.466 e. The highest BCUT2D eigenvalue weighted by Gasteiger charge is 2.42. The number of amides is 1. The molecule has 0 aliphatic carbocycles. The van der Waals surface area contributed by atoms with Gasteiger partial charge in [-0.25, -0.2) is 9.59 Å². The van der Waals surface area contributed by atoms with Crippen LogP contribution < -0.4 is 5.32 Å². The van der Waals surface area contributed by atoms with Crippen LogP contribution in [-0.4, -0.2) is 56.6 Å². The lowest BCUT2D eigenvalue weighted by atomic mass is 9.85. The number of rotatable bonds is 7. The highest BCUT2D eigenvalue weighted by Crippen LogP contribution is 2.32. The van der Waals surface area contributed by atoms with Crippen LogP contribution in [0.15, 0.2) is 52.9 Å². The molecule has 1 atom stereocenters. The average Bonchev–Trinajstić information content (AvgIpc) is 2.80. The first-order chi connectivity index (χ1) is 15.1. The number of carbonyl (C=O) groups is 4. The number of benzene rings is 1. The molecule has 0 unspecified atom stereocenters. The molecule has 9 nitrogen and oxygen atoms in total. The molecule has 0 saturated heterocycles. The first kappa shape index (κ1) is 24.6. The van der Waals surface area contributed by atoms with Gasteiger partial charge in [-0.15, -0.1) is 0 Å². The zero-order valence-corrected chi connectivity index (χ0v) is 19.1. The van der Waals surface area contributed by atoms with E-state index in [1.54, 1.807) is 20.9 Å². The first-order valence-corrected chi connectivity index (χ1v) is 9.96. The van der Waals surface area contributed by atoms with E-state index >= 15 is 0 Å². The summed E-state index contributed by atoms with van der Waals surface area (Å²) in [4.78, 5) is 51.9. The third kappa shape index (κ3) is 5.16. The molecule has 172 valence electrons. The van der Waals surface area contributed by atoms with Gasteiger partial charge in [0.2, 0.25) is 0 Å². The molecule has 1 N–H and O–H groups in total. The summed E-state index contributed by atoms with van der Waals surface area (Å²) in [6.07, 6.45) is 0. The number of hydrogen-bond donors (Lipinski definition) is 1. The third-order valence-corrected chi connectivity index (χ3v) is 5.40. The number of hydrogen-bond acceptors (Lipinski definition) is 8. The fraction of sp³-hybridized carbons (Fsp3) is 0.391. The predicted octanol–water partition coefficient (Wildman–Crippen LogP) is 1.86. The van der Waals surface area contributed by atoms with Crippen LogP contribution in [0.25, 0.3) is 0 Å². The Morgan fingerprint density at radius 2 is 1.47 bits per heavy atom. The Balaban J connectivity index is 2.23. The molecule has 0 radical (unpaired) electrons. The second-order valence-electron chi connectivity index (χ2n) is 7.32. The van der Waals surface area contributed by atoms with E-state index in [2.05, 4.69) is 5.32 Å². The van der Waals surface area contributed by atoms with Crippen molar-refractivity contribution in [2.24, 2.45) is 5.92 Å². The highest BCUT2D eigenvalue weighted by atomic mass is 16.5. The molecule has 32 heavy (non-hydrogen) atoms. The Hall–Kier alpha value is -3.62. The van der Waals surface area contributed by atoms with Gasteiger partial charge in [0.1, 0.15) is 5.92 Å². The summed E-state index contributed by atoms with van der Waals surface area (Å²) >= 11 is 0. The molecule has 1 heterocycles. The van der Waals surface area contributed by atoms with Crippen LogP contribution in [0.1, 0.15) is 32.4 Å². The number of nitrogens with zero attached hydrogens (tertiary/aromatic N) is 1. The number of esters is 3. The molecule has 0 fully saturated rings. The number of dihydropyridines is 1. The summed E-state index contributed by atoms with van der Waals surface area (Å²) in [7, 11) is 3.93. The molecule has 1 aromatic rings. The zero-order chi connectivity index (χ0) is 24.0. The predicted molar refractivity (Wildman–Crippen MR) is 115 cm³/mol. The van der Waals surface area contributed by atoms with Crippen molar-refractivity contribution in [3.05, 3.63) is 58.4 Å². The monoisotopic (exact) mass is 444 g/mol. The lowest BCUT2D eigenvalue weighted by molar-refractivity contribution is -0.156. The van der Waals surface area contributed by atoms with Gasteiger partial charge in [-0.2, -0.15) is 0 Å². The van der Waals surface area contributed by atoms with Crippen molar-refractivity contribution in [1.29, 1.82) is 0 Å². The van der Waals surface area contributed by atoms with Crippen molar-refractivity contribution in [3.63, 3.8) is 0 Å². The van der Waals surface area contributed by atoms with E-state index in [9.17, 15) is 19.2 Å². The summed E-state index contributed by atoms with van der Waals surface area (Å²) in [5, 5.41) is 2.89. The van der Waals surface area contributed by atoms with Crippen LogP contribution in [0.4, 0.5) is 0 Å². The molecular weight excluding hydrogens is 416 g/mol. The Morgan fingerprint density at radius 3 is 1.94 bits per heavy atom. The van der Waals surface area contributed by atoms with Gasteiger partial charge >= 0.3 is 17.9 Å². The van der Waals surface area contributed by atoms with Gasteiger partial charge in [-0.1, -0.05) is 30.3 Å². The normalized spacial score (nSPS) is 14.9. The first-order valence-electron chi connectivity index (χ1n) is 9.96. The van der Waals surface area contributed by atoms with E-state index < -0.39 is 36.3 Å². The number of carbonyl (C=O) groups excluding carboxylic acids is 4. The van der Waals surface area contributed by atoms with E-state index in [4.69, 9.17) is 14.2 Å². The quantitative estimate of drug-likeness (QED) is 0.501. The topological polar surface area (TPSA) is 111 Å². The van der Waals surface area contributed by atoms with Crippen molar-refractivity contribution in [1.82, 2.24) is 10.2 Å². The molecule has 0 spiro atoms. The molecular formula is C23H28N2O7. The summed E-state index contributed by atoms with van der Waals surface area (Å²) in [6, 6.07) is 9.15. The van der Waals surface area contributed by atoms with Crippen LogP contribution in [0.3, 0.4) is 0 Å². The maximum absolute atomic E-state index is 13.0. The van der Waals surface area contributed by atoms with Crippen LogP contribution in [-0.2, 0) is 33.4 Å². The lowest BCUT2D eigenvalue weighted by Crippen LogP contribution is -2.39. The molecule has 0 saturated carbocycles. The molecule has 9 heteroatoms. The Labute approximate surface area is 187 Å². The van der Waals surface area contributed by atoms with Crippen molar-refractivity contribution < 1.29 is 33.4 Å². The average molecular weight is 444 g/mol. The van der Waals surface area contributed by atoms with E-state index in [0.717, 1.165) is 19.8 Å². The Bertz CT molecular complexity index is 928. The van der Waals surface area contributed by atoms with Crippen LogP contribution >= 0.6 is 0 Å². The zero-order valence-electron chi connectivity index (χ0n) is 19.1. The third-order valence-electron chi connectivity index (χ3n) is 5.40. The second kappa shape index (κ2) is 10.6. The van der Waals surface area contributed by atoms with Crippen LogP contribution in [0.5, 0.6) is 0 Å². The smallest absolute Gasteiger partial charge is 0.336 e. The van der Waals surface area contributed by atoms with E-state index in [0.29, 0.717) is 11.4 Å². The fourth-order valence-electron chi connectivity index (χ4n) is 3.48. The standard InChI is InChI=1S/C23H28N2O7/c1-13-18(21(27)30-5)20(19(14(2)24-13)22(28)31-6)23(29)32-12-17(26)25(4)15(3)16-10-8-7-9-11-16/h7-11,15,20,24H,12H2,1-6H3/t15-/m0/s1. The van der Waals surface area contributed by atoms with Crippen molar-refractivity contribution in [3.8, 4) is 0 Å². The molecule has 0 bridgehead atoms. The molecule has 2 rings (SSSR count). The minimum atomic E-state index is -1.39. The summed E-state index contributed by atoms with van der Waals surface area (Å²) in [5.74, 6) is -4.36. The largest absolute Gasteiger partial charge is 0.466 e. The maximum Gasteiger partial charge on any atom is 0.336 e. The van der Waals surface area contributed by atoms with Gasteiger partial charge in [0, 0.05) is 18.4 Å². The summed E-state index contributed by atoms with van der Waals surface area (Å²) in [5.41, 5.74) is 1.44. The van der Waals surface area contributed by atoms with Crippen LogP contribution in [0, 0.1) is 5.92 Å². The number of ether oxygens (including phenoxy) is 3. The molecule has 1 aliphatic rings. The fourth-order valence-corrected chi connectivity index (χ4v) is 3.48. The SMILES string of the molecule is COC(=O)C1=C(C)NC(C)=C(C(=O)OC)C1C(=O)OCC(=O)N(C)[C@@H](C)c1ccccc1. The number of allylic oxidation sites excluding steroid dienone is 2. The van der Waals surface area contributed by atoms with Gasteiger partial charge in [-0.05, 0) is 26.3 Å². The Morgan fingerprint density at radius 1 is 0.969 bits per heavy atom. The number of methoxy groups -OCH3 is 2. The van der Waals surface area contributed by atoms with Gasteiger partial charge < -0.3 is 24.4 Å². The number of likely N-dealkylation sites (N-methyl/N-ethyl adjacent to an activating group) is 1. The van der Waals surface area contributed by atoms with Gasteiger partial charge in [0.25, 0.3) is 5.91 Å². The molecule has 1 aliphatic heterocycles. The van der Waals surface area contributed by atoms with Crippen molar-refractivity contribution >= 4 is 23.8 Å².